The van der Waals surface area contributed by atoms with Crippen LogP contribution in [0.15, 0.2) is 24.3 Å². The van der Waals surface area contributed by atoms with E-state index in [0.717, 1.165) is 11.3 Å². The molecule has 72 valence electrons. The molecule has 1 fully saturated rings. The highest BCUT2D eigenvalue weighted by molar-refractivity contribution is 8.15. The summed E-state index contributed by atoms with van der Waals surface area (Å²) in [4.78, 5) is 12.9. The smallest absolute Gasteiger partial charge is 0.243 e. The van der Waals surface area contributed by atoms with E-state index in [0.29, 0.717) is 10.9 Å². The summed E-state index contributed by atoms with van der Waals surface area (Å²) in [5.74, 6) is 0.373. The Bertz CT molecular complexity index is 387. The molecule has 0 atom stereocenters. The maximum atomic E-state index is 11.5. The number of carbonyl (C=O) groups excluding carboxylic acids is 1. The lowest BCUT2D eigenvalue weighted by atomic mass is 10.2. The molecule has 1 saturated heterocycles. The molecule has 0 unspecified atom stereocenters. The van der Waals surface area contributed by atoms with Gasteiger partial charge in [-0.15, -0.1) is 0 Å². The third kappa shape index (κ3) is 1.53. The normalized spacial score (nSPS) is 16.5. The van der Waals surface area contributed by atoms with E-state index >= 15 is 0 Å². The van der Waals surface area contributed by atoms with Gasteiger partial charge in [0.15, 0.2) is 5.17 Å². The fraction of sp³-hybridized carbons (Fsp3) is 0.200. The highest BCUT2D eigenvalue weighted by atomic mass is 32.2. The van der Waals surface area contributed by atoms with Gasteiger partial charge in [-0.3, -0.25) is 15.1 Å². The van der Waals surface area contributed by atoms with Crippen molar-refractivity contribution >= 4 is 28.5 Å². The van der Waals surface area contributed by atoms with Gasteiger partial charge in [0.1, 0.15) is 0 Å². The first-order valence-electron chi connectivity index (χ1n) is 4.29. The van der Waals surface area contributed by atoms with Gasteiger partial charge in [0.2, 0.25) is 5.91 Å². The fourth-order valence-electron chi connectivity index (χ4n) is 1.40. The summed E-state index contributed by atoms with van der Waals surface area (Å²) >= 11 is 1.27. The Morgan fingerprint density at radius 3 is 2.86 bits per heavy atom. The van der Waals surface area contributed by atoms with Crippen molar-refractivity contribution in [3.8, 4) is 0 Å². The molecule has 1 aromatic carbocycles. The largest absolute Gasteiger partial charge is 0.278 e. The first-order valence-corrected chi connectivity index (χ1v) is 5.28. The van der Waals surface area contributed by atoms with Crippen LogP contribution >= 0.6 is 11.8 Å². The van der Waals surface area contributed by atoms with Gasteiger partial charge in [-0.05, 0) is 24.6 Å². The lowest BCUT2D eigenvalue weighted by molar-refractivity contribution is -0.115. The zero-order valence-corrected chi connectivity index (χ0v) is 8.60. The monoisotopic (exact) mass is 206 g/mol. The first-order chi connectivity index (χ1) is 6.68. The number of rotatable bonds is 1. The van der Waals surface area contributed by atoms with Crippen LogP contribution < -0.4 is 4.90 Å². The summed E-state index contributed by atoms with van der Waals surface area (Å²) in [6.45, 7) is 1.97. The van der Waals surface area contributed by atoms with Crippen LogP contribution in [-0.2, 0) is 4.79 Å². The minimum Gasteiger partial charge on any atom is -0.278 e. The predicted octanol–water partition coefficient (Wildman–Crippen LogP) is 2.01. The van der Waals surface area contributed by atoms with E-state index in [1.807, 2.05) is 31.2 Å². The lowest BCUT2D eigenvalue weighted by Crippen LogP contribution is -2.28. The molecule has 1 heterocycles. The summed E-state index contributed by atoms with van der Waals surface area (Å²) in [5.41, 5.74) is 1.89. The van der Waals surface area contributed by atoms with Gasteiger partial charge in [0, 0.05) is 0 Å². The Hall–Kier alpha value is -1.29. The Morgan fingerprint density at radius 2 is 2.29 bits per heavy atom. The number of nitrogens with zero attached hydrogens (tertiary/aromatic N) is 1. The molecule has 4 heteroatoms. The van der Waals surface area contributed by atoms with E-state index in [4.69, 9.17) is 5.41 Å². The topological polar surface area (TPSA) is 44.2 Å². The van der Waals surface area contributed by atoms with Gasteiger partial charge in [-0.1, -0.05) is 23.9 Å². The first kappa shape index (κ1) is 9.27. The van der Waals surface area contributed by atoms with Crippen LogP contribution in [0.2, 0.25) is 0 Å². The third-order valence-electron chi connectivity index (χ3n) is 2.04. The molecule has 1 amide bonds. The number of benzene rings is 1. The van der Waals surface area contributed by atoms with Crippen LogP contribution in [0.4, 0.5) is 5.69 Å². The van der Waals surface area contributed by atoms with Gasteiger partial charge in [0.05, 0.1) is 11.4 Å². The zero-order valence-electron chi connectivity index (χ0n) is 7.78. The van der Waals surface area contributed by atoms with Crippen molar-refractivity contribution in [2.75, 3.05) is 10.7 Å². The van der Waals surface area contributed by atoms with Crippen LogP contribution in [0.1, 0.15) is 5.56 Å². The number of hydrogen-bond donors (Lipinski definition) is 1. The molecule has 0 bridgehead atoms. The van der Waals surface area contributed by atoms with Crippen molar-refractivity contribution in [1.29, 1.82) is 5.41 Å². The van der Waals surface area contributed by atoms with Gasteiger partial charge in [-0.25, -0.2) is 0 Å². The molecule has 3 nitrogen and oxygen atoms in total. The Morgan fingerprint density at radius 1 is 1.50 bits per heavy atom. The van der Waals surface area contributed by atoms with Crippen LogP contribution in [0, 0.1) is 12.3 Å². The number of aryl methyl sites for hydroxylation is 1. The number of amides is 1. The number of carbonyl (C=O) groups is 1. The number of anilines is 1. The van der Waals surface area contributed by atoms with Crippen LogP contribution in [-0.4, -0.2) is 16.8 Å². The van der Waals surface area contributed by atoms with Crippen molar-refractivity contribution < 1.29 is 4.79 Å². The minimum absolute atomic E-state index is 0.00870. The molecule has 0 saturated carbocycles. The number of nitrogens with one attached hydrogen (secondary N) is 1. The molecular weight excluding hydrogens is 196 g/mol. The van der Waals surface area contributed by atoms with Gasteiger partial charge >= 0.3 is 0 Å². The lowest BCUT2D eigenvalue weighted by Gasteiger charge is -2.14. The molecule has 0 aliphatic carbocycles. The van der Waals surface area contributed by atoms with Crippen molar-refractivity contribution in [2.45, 2.75) is 6.92 Å². The molecule has 2 rings (SSSR count). The van der Waals surface area contributed by atoms with Crippen molar-refractivity contribution in [2.24, 2.45) is 0 Å². The molecule has 0 spiro atoms. The molecule has 1 aliphatic heterocycles. The highest BCUT2D eigenvalue weighted by Gasteiger charge is 2.27. The van der Waals surface area contributed by atoms with E-state index in [1.54, 1.807) is 0 Å². The summed E-state index contributed by atoms with van der Waals surface area (Å²) in [5, 5.41) is 7.93. The zero-order chi connectivity index (χ0) is 10.1. The summed E-state index contributed by atoms with van der Waals surface area (Å²) in [6.07, 6.45) is 0. The molecule has 1 N–H and O–H groups in total. The van der Waals surface area contributed by atoms with Crippen LogP contribution in [0.5, 0.6) is 0 Å². The van der Waals surface area contributed by atoms with E-state index < -0.39 is 0 Å². The Kier molecular flexibility index (Phi) is 2.29. The van der Waals surface area contributed by atoms with Gasteiger partial charge in [0.25, 0.3) is 0 Å². The van der Waals surface area contributed by atoms with Crippen LogP contribution in [0.3, 0.4) is 0 Å². The quantitative estimate of drug-likeness (QED) is 0.763. The van der Waals surface area contributed by atoms with E-state index in [2.05, 4.69) is 0 Å². The van der Waals surface area contributed by atoms with Crippen LogP contribution in [0.25, 0.3) is 0 Å². The summed E-state index contributed by atoms with van der Waals surface area (Å²) in [6, 6.07) is 7.64. The Balaban J connectivity index is 2.39. The summed E-state index contributed by atoms with van der Waals surface area (Å²) < 4.78 is 0. The molecule has 1 aromatic rings. The third-order valence-corrected chi connectivity index (χ3v) is 2.89. The molecule has 14 heavy (non-hydrogen) atoms. The Labute approximate surface area is 86.6 Å². The number of hydrogen-bond acceptors (Lipinski definition) is 3. The highest BCUT2D eigenvalue weighted by Crippen LogP contribution is 2.25. The van der Waals surface area contributed by atoms with E-state index in [1.165, 1.54) is 16.7 Å². The van der Waals surface area contributed by atoms with Gasteiger partial charge in [-0.2, -0.15) is 0 Å². The maximum Gasteiger partial charge on any atom is 0.243 e. The molecule has 1 aliphatic rings. The van der Waals surface area contributed by atoms with Gasteiger partial charge < -0.3 is 0 Å². The summed E-state index contributed by atoms with van der Waals surface area (Å²) in [7, 11) is 0. The van der Waals surface area contributed by atoms with Crippen molar-refractivity contribution in [1.82, 2.24) is 0 Å². The fourth-order valence-corrected chi connectivity index (χ4v) is 2.13. The second-order valence-corrected chi connectivity index (χ2v) is 4.13. The average Bonchev–Trinajstić information content (AvgIpc) is 2.46. The van der Waals surface area contributed by atoms with Crippen molar-refractivity contribution in [3.05, 3.63) is 29.8 Å². The standard InChI is InChI=1S/C10H10N2OS/c1-7-3-2-4-8(5-7)12-9(13)6-14-10(12)11/h2-5,11H,6H2,1H3. The van der Waals surface area contributed by atoms with E-state index in [-0.39, 0.29) is 5.91 Å². The van der Waals surface area contributed by atoms with Crippen molar-refractivity contribution in [3.63, 3.8) is 0 Å². The molecular formula is C10H10N2OS. The average molecular weight is 206 g/mol. The number of thioether (sulfide) groups is 1. The SMILES string of the molecule is Cc1cccc(N2C(=N)SCC2=O)c1. The maximum absolute atomic E-state index is 11.5. The molecule has 0 aromatic heterocycles. The number of amidine groups is 1. The van der Waals surface area contributed by atoms with E-state index in [9.17, 15) is 4.79 Å². The molecule has 0 radical (unpaired) electrons. The second kappa shape index (κ2) is 3.46. The minimum atomic E-state index is -0.00870. The predicted molar refractivity (Wildman–Crippen MR) is 58.8 cm³/mol. The second-order valence-electron chi connectivity index (χ2n) is 3.16.